The summed E-state index contributed by atoms with van der Waals surface area (Å²) in [7, 11) is 0. The van der Waals surface area contributed by atoms with Crippen molar-refractivity contribution in [1.29, 1.82) is 0 Å². The third-order valence-corrected chi connectivity index (χ3v) is 3.15. The molecule has 0 atom stereocenters. The fourth-order valence-corrected chi connectivity index (χ4v) is 2.20. The molecule has 1 amide bonds. The Bertz CT molecular complexity index is 426. The molecule has 0 radical (unpaired) electrons. The minimum atomic E-state index is -0.104. The van der Waals surface area contributed by atoms with E-state index in [1.165, 1.54) is 18.5 Å². The van der Waals surface area contributed by atoms with E-state index in [-0.39, 0.29) is 18.6 Å². The second kappa shape index (κ2) is 6.57. The van der Waals surface area contributed by atoms with Crippen LogP contribution in [0.25, 0.3) is 0 Å². The van der Waals surface area contributed by atoms with Crippen molar-refractivity contribution in [3.8, 4) is 0 Å². The van der Waals surface area contributed by atoms with E-state index in [9.17, 15) is 4.79 Å². The van der Waals surface area contributed by atoms with E-state index < -0.39 is 0 Å². The Morgan fingerprint density at radius 3 is 2.79 bits per heavy atom. The van der Waals surface area contributed by atoms with Gasteiger partial charge in [-0.15, -0.1) is 0 Å². The zero-order chi connectivity index (χ0) is 13.7. The zero-order valence-electron chi connectivity index (χ0n) is 11.7. The highest BCUT2D eigenvalue weighted by Gasteiger charge is 2.12. The van der Waals surface area contributed by atoms with Crippen LogP contribution in [-0.2, 0) is 9.53 Å². The summed E-state index contributed by atoms with van der Waals surface area (Å²) in [5, 5.41) is 2.87. The number of hydrogen-bond donors (Lipinski definition) is 1. The highest BCUT2D eigenvalue weighted by Crippen LogP contribution is 2.23. The van der Waals surface area contributed by atoms with Crippen molar-refractivity contribution in [2.75, 3.05) is 29.9 Å². The Morgan fingerprint density at radius 2 is 2.11 bits per heavy atom. The molecule has 104 valence electrons. The lowest BCUT2D eigenvalue weighted by Crippen LogP contribution is -2.21. The number of ether oxygens (including phenoxy) is 1. The molecule has 0 unspecified atom stereocenters. The van der Waals surface area contributed by atoms with Crippen LogP contribution in [0.4, 0.5) is 11.4 Å². The first kappa shape index (κ1) is 13.9. The molecule has 4 heteroatoms. The number of hydrogen-bond acceptors (Lipinski definition) is 3. The molecule has 2 rings (SSSR count). The van der Waals surface area contributed by atoms with Gasteiger partial charge in [-0.05, 0) is 44.9 Å². The third-order valence-electron chi connectivity index (χ3n) is 3.15. The number of nitrogens with one attached hydrogen (secondary N) is 1. The molecular weight excluding hydrogens is 240 g/mol. The monoisotopic (exact) mass is 262 g/mol. The molecule has 1 aromatic carbocycles. The van der Waals surface area contributed by atoms with Crippen LogP contribution >= 0.6 is 0 Å². The summed E-state index contributed by atoms with van der Waals surface area (Å²) in [5.74, 6) is -0.104. The van der Waals surface area contributed by atoms with E-state index in [4.69, 9.17) is 4.74 Å². The van der Waals surface area contributed by atoms with Gasteiger partial charge in [0.15, 0.2) is 0 Å². The number of nitrogens with zero attached hydrogens (tertiary/aromatic N) is 1. The minimum Gasteiger partial charge on any atom is -0.371 e. The molecule has 19 heavy (non-hydrogen) atoms. The van der Waals surface area contributed by atoms with E-state index in [0.29, 0.717) is 0 Å². The molecule has 0 saturated carbocycles. The van der Waals surface area contributed by atoms with Crippen LogP contribution in [0.5, 0.6) is 0 Å². The number of rotatable bonds is 5. The largest absolute Gasteiger partial charge is 0.371 e. The van der Waals surface area contributed by atoms with Crippen LogP contribution in [0.3, 0.4) is 0 Å². The average molecular weight is 262 g/mol. The highest BCUT2D eigenvalue weighted by molar-refractivity contribution is 5.92. The fourth-order valence-electron chi connectivity index (χ4n) is 2.20. The smallest absolute Gasteiger partial charge is 0.250 e. The van der Waals surface area contributed by atoms with E-state index in [0.717, 1.165) is 18.8 Å². The molecule has 4 nitrogen and oxygen atoms in total. The van der Waals surface area contributed by atoms with Gasteiger partial charge in [-0.25, -0.2) is 0 Å². The summed E-state index contributed by atoms with van der Waals surface area (Å²) in [4.78, 5) is 14.0. The van der Waals surface area contributed by atoms with Crippen molar-refractivity contribution in [1.82, 2.24) is 0 Å². The molecule has 0 bridgehead atoms. The molecule has 1 N–H and O–H groups in total. The van der Waals surface area contributed by atoms with Gasteiger partial charge in [-0.2, -0.15) is 0 Å². The Balaban J connectivity index is 1.93. The van der Waals surface area contributed by atoms with Crippen LogP contribution in [0.15, 0.2) is 24.3 Å². The molecule has 0 aromatic heterocycles. The maximum absolute atomic E-state index is 11.7. The molecule has 1 fully saturated rings. The predicted octanol–water partition coefficient (Wildman–Crippen LogP) is 2.65. The van der Waals surface area contributed by atoms with Gasteiger partial charge in [0.1, 0.15) is 6.61 Å². The van der Waals surface area contributed by atoms with E-state index in [2.05, 4.69) is 16.3 Å². The molecule has 0 aliphatic carbocycles. The SMILES string of the molecule is CC(C)OCC(=O)Nc1cccc(N2CCCC2)c1. The maximum Gasteiger partial charge on any atom is 0.250 e. The van der Waals surface area contributed by atoms with Gasteiger partial charge in [0.25, 0.3) is 0 Å². The Labute approximate surface area is 114 Å². The summed E-state index contributed by atoms with van der Waals surface area (Å²) < 4.78 is 5.28. The van der Waals surface area contributed by atoms with Crippen LogP contribution in [0, 0.1) is 0 Å². The van der Waals surface area contributed by atoms with Gasteiger partial charge >= 0.3 is 0 Å². The fraction of sp³-hybridized carbons (Fsp3) is 0.533. The van der Waals surface area contributed by atoms with Gasteiger partial charge in [0.2, 0.25) is 5.91 Å². The van der Waals surface area contributed by atoms with E-state index in [1.54, 1.807) is 0 Å². The molecule has 0 spiro atoms. The molecule has 1 aliphatic heterocycles. The first-order valence-corrected chi connectivity index (χ1v) is 6.91. The first-order valence-electron chi connectivity index (χ1n) is 6.91. The summed E-state index contributed by atoms with van der Waals surface area (Å²) in [6, 6.07) is 8.00. The van der Waals surface area contributed by atoms with Gasteiger partial charge in [0, 0.05) is 24.5 Å². The molecule has 1 saturated heterocycles. The van der Waals surface area contributed by atoms with Crippen LogP contribution in [0.1, 0.15) is 26.7 Å². The Morgan fingerprint density at radius 1 is 1.37 bits per heavy atom. The van der Waals surface area contributed by atoms with Crippen LogP contribution in [-0.4, -0.2) is 31.7 Å². The quantitative estimate of drug-likeness (QED) is 0.887. The third kappa shape index (κ3) is 4.24. The second-order valence-electron chi connectivity index (χ2n) is 5.15. The summed E-state index contributed by atoms with van der Waals surface area (Å²) >= 11 is 0. The van der Waals surface area contributed by atoms with Crippen LogP contribution < -0.4 is 10.2 Å². The van der Waals surface area contributed by atoms with Crippen molar-refractivity contribution in [3.63, 3.8) is 0 Å². The minimum absolute atomic E-state index is 0.0710. The van der Waals surface area contributed by atoms with Crippen molar-refractivity contribution in [2.24, 2.45) is 0 Å². The molecule has 1 aromatic rings. The summed E-state index contributed by atoms with van der Waals surface area (Å²) in [6.45, 7) is 6.15. The standard InChI is InChI=1S/C15H22N2O2/c1-12(2)19-11-15(18)16-13-6-5-7-14(10-13)17-8-3-4-9-17/h5-7,10,12H,3-4,8-9,11H2,1-2H3,(H,16,18). The molecule has 1 aliphatic rings. The number of benzene rings is 1. The van der Waals surface area contributed by atoms with Gasteiger partial charge in [0.05, 0.1) is 6.10 Å². The Kier molecular flexibility index (Phi) is 4.80. The van der Waals surface area contributed by atoms with Gasteiger partial charge in [-0.1, -0.05) is 6.07 Å². The second-order valence-corrected chi connectivity index (χ2v) is 5.15. The summed E-state index contributed by atoms with van der Waals surface area (Å²) in [6.07, 6.45) is 2.57. The van der Waals surface area contributed by atoms with E-state index in [1.807, 2.05) is 32.0 Å². The highest BCUT2D eigenvalue weighted by atomic mass is 16.5. The lowest BCUT2D eigenvalue weighted by atomic mass is 10.2. The van der Waals surface area contributed by atoms with E-state index >= 15 is 0 Å². The average Bonchev–Trinajstić information content (AvgIpc) is 2.90. The van der Waals surface area contributed by atoms with Crippen molar-refractivity contribution in [3.05, 3.63) is 24.3 Å². The van der Waals surface area contributed by atoms with Gasteiger partial charge in [-0.3, -0.25) is 4.79 Å². The van der Waals surface area contributed by atoms with Gasteiger partial charge < -0.3 is 15.0 Å². The lowest BCUT2D eigenvalue weighted by molar-refractivity contribution is -0.121. The normalized spacial score (nSPS) is 15.0. The van der Waals surface area contributed by atoms with Crippen molar-refractivity contribution >= 4 is 17.3 Å². The van der Waals surface area contributed by atoms with Crippen molar-refractivity contribution < 1.29 is 9.53 Å². The van der Waals surface area contributed by atoms with Crippen LogP contribution in [0.2, 0.25) is 0 Å². The lowest BCUT2D eigenvalue weighted by Gasteiger charge is -2.18. The number of amides is 1. The summed E-state index contributed by atoms with van der Waals surface area (Å²) in [5.41, 5.74) is 2.02. The molecular formula is C15H22N2O2. The predicted molar refractivity (Wildman–Crippen MR) is 77.6 cm³/mol. The van der Waals surface area contributed by atoms with Crippen molar-refractivity contribution in [2.45, 2.75) is 32.8 Å². The number of carbonyl (C=O) groups excluding carboxylic acids is 1. The molecule has 1 heterocycles. The topological polar surface area (TPSA) is 41.6 Å². The zero-order valence-corrected chi connectivity index (χ0v) is 11.7. The maximum atomic E-state index is 11.7. The first-order chi connectivity index (χ1) is 9.15. The number of carbonyl (C=O) groups is 1. The Hall–Kier alpha value is -1.55. The number of anilines is 2.